The fourth-order valence-electron chi connectivity index (χ4n) is 1.16. The van der Waals surface area contributed by atoms with E-state index in [2.05, 4.69) is 5.32 Å². The van der Waals surface area contributed by atoms with Gasteiger partial charge >= 0.3 is 11.9 Å². The summed E-state index contributed by atoms with van der Waals surface area (Å²) in [4.78, 5) is 20.9. The minimum absolute atomic E-state index is 0. The van der Waals surface area contributed by atoms with E-state index in [1.807, 2.05) is 0 Å². The molecule has 0 amide bonds. The Hall–Kier alpha value is -2.12. The van der Waals surface area contributed by atoms with Gasteiger partial charge in [-0.3, -0.25) is 4.79 Å². The number of aliphatic carboxylic acids is 1. The van der Waals surface area contributed by atoms with Crippen LogP contribution in [0.2, 0.25) is 0 Å². The third kappa shape index (κ3) is 4.49. The maximum Gasteiger partial charge on any atom is 0.335 e. The molecule has 0 aromatic heterocycles. The zero-order valence-corrected chi connectivity index (χ0v) is 8.80. The normalized spacial score (nSPS) is 9.41. The lowest BCUT2D eigenvalue weighted by Crippen LogP contribution is -2.22. The van der Waals surface area contributed by atoms with Crippen molar-refractivity contribution in [1.82, 2.24) is 5.32 Å². The molecule has 0 unspecified atom stereocenters. The van der Waals surface area contributed by atoms with Gasteiger partial charge in [-0.2, -0.15) is 0 Å². The average Bonchev–Trinajstić information content (AvgIpc) is 2.20. The number of phenols is 1. The molecule has 17 heavy (non-hydrogen) atoms. The van der Waals surface area contributed by atoms with Crippen molar-refractivity contribution in [2.24, 2.45) is 0 Å². The largest absolute Gasteiger partial charge is 0.508 e. The molecular formula is C10H13NO6. The second kappa shape index (κ2) is 6.46. The van der Waals surface area contributed by atoms with Crippen LogP contribution in [0.4, 0.5) is 0 Å². The van der Waals surface area contributed by atoms with Gasteiger partial charge in [-0.1, -0.05) is 0 Å². The maximum atomic E-state index is 10.7. The first-order valence-electron chi connectivity index (χ1n) is 4.48. The van der Waals surface area contributed by atoms with Crippen LogP contribution in [0.25, 0.3) is 0 Å². The van der Waals surface area contributed by atoms with Crippen molar-refractivity contribution in [2.75, 3.05) is 6.54 Å². The third-order valence-corrected chi connectivity index (χ3v) is 1.92. The minimum atomic E-state index is -1.10. The molecule has 0 spiro atoms. The predicted octanol–water partition coefficient (Wildman–Crippen LogP) is -0.560. The number of aromatic carboxylic acids is 1. The number of hydrogen-bond donors (Lipinski definition) is 4. The van der Waals surface area contributed by atoms with E-state index in [4.69, 9.17) is 10.2 Å². The number of hydrogen-bond acceptors (Lipinski definition) is 4. The van der Waals surface area contributed by atoms with E-state index in [1.165, 1.54) is 18.2 Å². The summed E-state index contributed by atoms with van der Waals surface area (Å²) in [6, 6.07) is 3.84. The average molecular weight is 243 g/mol. The molecule has 94 valence electrons. The molecule has 0 radical (unpaired) electrons. The molecule has 0 saturated carbocycles. The van der Waals surface area contributed by atoms with E-state index in [0.717, 1.165) is 0 Å². The zero-order valence-electron chi connectivity index (χ0n) is 8.80. The summed E-state index contributed by atoms with van der Waals surface area (Å²) in [5, 5.41) is 29.1. The second-order valence-corrected chi connectivity index (χ2v) is 3.15. The topological polar surface area (TPSA) is 138 Å². The fourth-order valence-corrected chi connectivity index (χ4v) is 1.16. The lowest BCUT2D eigenvalue weighted by molar-refractivity contribution is -0.136. The van der Waals surface area contributed by atoms with Crippen LogP contribution in [0.5, 0.6) is 5.75 Å². The van der Waals surface area contributed by atoms with Crippen LogP contribution in [-0.2, 0) is 11.3 Å². The molecular weight excluding hydrogens is 230 g/mol. The van der Waals surface area contributed by atoms with Crippen molar-refractivity contribution in [3.05, 3.63) is 29.3 Å². The van der Waals surface area contributed by atoms with E-state index in [0.29, 0.717) is 5.56 Å². The Balaban J connectivity index is 0.00000256. The van der Waals surface area contributed by atoms with Crippen LogP contribution in [0.3, 0.4) is 0 Å². The molecule has 7 heteroatoms. The number of carboxylic acids is 2. The second-order valence-electron chi connectivity index (χ2n) is 3.15. The van der Waals surface area contributed by atoms with Gasteiger partial charge in [-0.15, -0.1) is 0 Å². The Bertz CT molecular complexity index is 417. The van der Waals surface area contributed by atoms with Gasteiger partial charge < -0.3 is 26.1 Å². The van der Waals surface area contributed by atoms with Gasteiger partial charge in [0.05, 0.1) is 12.1 Å². The zero-order chi connectivity index (χ0) is 12.1. The number of aromatic hydroxyl groups is 1. The standard InChI is InChI=1S/C10H11NO5.H2O/c12-8-2-1-6(10(15)16)3-7(8)4-11-5-9(13)14;/h1-3,11-12H,4-5H2,(H,13,14)(H,15,16);1H2. The van der Waals surface area contributed by atoms with Gasteiger partial charge in [0.25, 0.3) is 0 Å². The van der Waals surface area contributed by atoms with E-state index in [-0.39, 0.29) is 29.9 Å². The van der Waals surface area contributed by atoms with Gasteiger partial charge in [0.15, 0.2) is 0 Å². The summed E-state index contributed by atoms with van der Waals surface area (Å²) in [7, 11) is 0. The highest BCUT2D eigenvalue weighted by Gasteiger charge is 2.07. The number of carbonyl (C=O) groups is 2. The van der Waals surface area contributed by atoms with Crippen molar-refractivity contribution in [1.29, 1.82) is 0 Å². The Morgan fingerprint density at radius 1 is 1.24 bits per heavy atom. The molecule has 0 atom stereocenters. The van der Waals surface area contributed by atoms with Crippen molar-refractivity contribution in [3.63, 3.8) is 0 Å². The number of nitrogens with one attached hydrogen (secondary N) is 1. The minimum Gasteiger partial charge on any atom is -0.508 e. The molecule has 0 aliphatic heterocycles. The highest BCUT2D eigenvalue weighted by Crippen LogP contribution is 2.18. The molecule has 1 aromatic carbocycles. The first-order valence-corrected chi connectivity index (χ1v) is 4.48. The van der Waals surface area contributed by atoms with Gasteiger partial charge in [-0.05, 0) is 18.2 Å². The molecule has 7 nitrogen and oxygen atoms in total. The Morgan fingerprint density at radius 3 is 2.41 bits per heavy atom. The molecule has 1 rings (SSSR count). The van der Waals surface area contributed by atoms with Crippen LogP contribution in [0.1, 0.15) is 15.9 Å². The van der Waals surface area contributed by atoms with Gasteiger partial charge in [0.1, 0.15) is 5.75 Å². The molecule has 0 fully saturated rings. The molecule has 0 aliphatic carbocycles. The highest BCUT2D eigenvalue weighted by atomic mass is 16.4. The van der Waals surface area contributed by atoms with Gasteiger partial charge in [0.2, 0.25) is 0 Å². The number of rotatable bonds is 5. The lowest BCUT2D eigenvalue weighted by atomic mass is 10.1. The summed E-state index contributed by atoms with van der Waals surface area (Å²) in [5.74, 6) is -2.18. The Kier molecular flexibility index (Phi) is 5.65. The molecule has 0 heterocycles. The van der Waals surface area contributed by atoms with Gasteiger partial charge in [-0.25, -0.2) is 4.79 Å². The van der Waals surface area contributed by atoms with Crippen molar-refractivity contribution in [2.45, 2.75) is 6.54 Å². The van der Waals surface area contributed by atoms with Crippen molar-refractivity contribution in [3.8, 4) is 5.75 Å². The Morgan fingerprint density at radius 2 is 1.88 bits per heavy atom. The highest BCUT2D eigenvalue weighted by molar-refractivity contribution is 5.88. The number of benzene rings is 1. The molecule has 1 aromatic rings. The fraction of sp³-hybridized carbons (Fsp3) is 0.200. The maximum absolute atomic E-state index is 10.7. The first kappa shape index (κ1) is 14.9. The van der Waals surface area contributed by atoms with E-state index >= 15 is 0 Å². The van der Waals surface area contributed by atoms with Crippen molar-refractivity contribution >= 4 is 11.9 Å². The van der Waals surface area contributed by atoms with E-state index in [1.54, 1.807) is 0 Å². The number of phenolic OH excluding ortho intramolecular Hbond substituents is 1. The van der Waals surface area contributed by atoms with Crippen LogP contribution in [0.15, 0.2) is 18.2 Å². The SMILES string of the molecule is O.O=C(O)CNCc1cc(C(=O)O)ccc1O. The van der Waals surface area contributed by atoms with E-state index in [9.17, 15) is 14.7 Å². The van der Waals surface area contributed by atoms with Crippen LogP contribution >= 0.6 is 0 Å². The van der Waals surface area contributed by atoms with E-state index < -0.39 is 11.9 Å². The smallest absolute Gasteiger partial charge is 0.335 e. The summed E-state index contributed by atoms with van der Waals surface area (Å²) in [6.07, 6.45) is 0. The molecule has 0 bridgehead atoms. The van der Waals surface area contributed by atoms with Crippen molar-refractivity contribution < 1.29 is 30.4 Å². The Labute approximate surface area is 96.6 Å². The predicted molar refractivity (Wildman–Crippen MR) is 58.0 cm³/mol. The molecule has 0 aliphatic rings. The quantitative estimate of drug-likeness (QED) is 0.546. The van der Waals surface area contributed by atoms with Crippen LogP contribution in [-0.4, -0.2) is 39.3 Å². The van der Waals surface area contributed by atoms with Crippen LogP contribution in [0, 0.1) is 0 Å². The van der Waals surface area contributed by atoms with Crippen LogP contribution < -0.4 is 5.32 Å². The molecule has 6 N–H and O–H groups in total. The summed E-state index contributed by atoms with van der Waals surface area (Å²) in [5.41, 5.74) is 0.395. The monoisotopic (exact) mass is 243 g/mol. The molecule has 0 saturated heterocycles. The first-order chi connectivity index (χ1) is 7.50. The summed E-state index contributed by atoms with van der Waals surface area (Å²) in [6.45, 7) is -0.157. The third-order valence-electron chi connectivity index (χ3n) is 1.92. The number of carboxylic acid groups (broad SMARTS) is 2. The summed E-state index contributed by atoms with van der Waals surface area (Å²) >= 11 is 0. The lowest BCUT2D eigenvalue weighted by Gasteiger charge is -2.06. The van der Waals surface area contributed by atoms with Gasteiger partial charge in [0, 0.05) is 12.1 Å². The summed E-state index contributed by atoms with van der Waals surface area (Å²) < 4.78 is 0.